The maximum atomic E-state index is 13.5. The first-order chi connectivity index (χ1) is 12.4. The third-order valence-corrected chi connectivity index (χ3v) is 3.31. The fourth-order valence-electron chi connectivity index (χ4n) is 2.10. The number of methoxy groups -OCH3 is 1. The molecule has 0 heterocycles. The van der Waals surface area contributed by atoms with E-state index in [1.54, 1.807) is 0 Å². The Morgan fingerprint density at radius 3 is 2.15 bits per heavy atom. The third kappa shape index (κ3) is 5.22. The molecule has 1 N–H and O–H groups in total. The molecule has 27 heavy (non-hydrogen) atoms. The molecule has 0 bridgehead atoms. The standard InChI is InChI=1S/C17H13F5O5/c1-16(18,19)9-3-5-11(15(23)24)13(7-9)26-12-6-4-10(8-14(12)25-2)27-17(20,21)22/h3-8H,1-2H3,(H,23,24). The molecule has 2 aromatic carbocycles. The molecule has 0 fully saturated rings. The number of ether oxygens (including phenoxy) is 3. The van der Waals surface area contributed by atoms with E-state index in [9.17, 15) is 31.9 Å². The highest BCUT2D eigenvalue weighted by atomic mass is 19.4. The van der Waals surface area contributed by atoms with Crippen LogP contribution in [0.4, 0.5) is 22.0 Å². The zero-order valence-corrected chi connectivity index (χ0v) is 13.9. The van der Waals surface area contributed by atoms with Crippen molar-refractivity contribution >= 4 is 5.97 Å². The Morgan fingerprint density at radius 1 is 0.963 bits per heavy atom. The van der Waals surface area contributed by atoms with Gasteiger partial charge in [-0.1, -0.05) is 6.07 Å². The number of aromatic carboxylic acids is 1. The SMILES string of the molecule is COc1cc(OC(F)(F)F)ccc1Oc1cc(C(C)(F)F)ccc1C(=O)O. The first kappa shape index (κ1) is 20.3. The van der Waals surface area contributed by atoms with Gasteiger partial charge in [0.05, 0.1) is 7.11 Å². The minimum absolute atomic E-state index is 0.189. The van der Waals surface area contributed by atoms with Crippen LogP contribution in [0.25, 0.3) is 0 Å². The summed E-state index contributed by atoms with van der Waals surface area (Å²) < 4.78 is 77.9. The summed E-state index contributed by atoms with van der Waals surface area (Å²) in [6.45, 7) is 0.621. The fraction of sp³-hybridized carbons (Fsp3) is 0.235. The summed E-state index contributed by atoms with van der Waals surface area (Å²) in [7, 11) is 1.13. The Labute approximate surface area is 149 Å². The lowest BCUT2D eigenvalue weighted by atomic mass is 10.1. The lowest BCUT2D eigenvalue weighted by Crippen LogP contribution is -2.17. The quantitative estimate of drug-likeness (QED) is 0.685. The second kappa shape index (κ2) is 7.29. The third-order valence-electron chi connectivity index (χ3n) is 3.31. The van der Waals surface area contributed by atoms with Crippen LogP contribution in [-0.4, -0.2) is 24.5 Å². The van der Waals surface area contributed by atoms with Gasteiger partial charge >= 0.3 is 12.3 Å². The summed E-state index contributed by atoms with van der Waals surface area (Å²) in [4.78, 5) is 11.3. The predicted octanol–water partition coefficient (Wildman–Crippen LogP) is 5.20. The van der Waals surface area contributed by atoms with Crippen LogP contribution >= 0.6 is 0 Å². The molecule has 2 aromatic rings. The van der Waals surface area contributed by atoms with Gasteiger partial charge in [-0.25, -0.2) is 13.6 Å². The second-order valence-corrected chi connectivity index (χ2v) is 5.37. The Morgan fingerprint density at radius 2 is 1.63 bits per heavy atom. The van der Waals surface area contributed by atoms with Gasteiger partial charge in [-0.05, 0) is 24.3 Å². The number of alkyl halides is 5. The first-order valence-electron chi connectivity index (χ1n) is 7.28. The molecule has 5 nitrogen and oxygen atoms in total. The van der Waals surface area contributed by atoms with Gasteiger partial charge < -0.3 is 19.3 Å². The van der Waals surface area contributed by atoms with Crippen molar-refractivity contribution in [3.63, 3.8) is 0 Å². The smallest absolute Gasteiger partial charge is 0.493 e. The predicted molar refractivity (Wildman–Crippen MR) is 82.7 cm³/mol. The summed E-state index contributed by atoms with van der Waals surface area (Å²) in [5.41, 5.74) is -0.917. The zero-order chi connectivity index (χ0) is 20.4. The van der Waals surface area contributed by atoms with E-state index in [1.165, 1.54) is 0 Å². The van der Waals surface area contributed by atoms with E-state index in [4.69, 9.17) is 9.47 Å². The highest BCUT2D eigenvalue weighted by Gasteiger charge is 2.31. The van der Waals surface area contributed by atoms with Gasteiger partial charge in [-0.2, -0.15) is 0 Å². The van der Waals surface area contributed by atoms with E-state index in [2.05, 4.69) is 4.74 Å². The molecule has 0 amide bonds. The number of hydrogen-bond acceptors (Lipinski definition) is 4. The monoisotopic (exact) mass is 392 g/mol. The summed E-state index contributed by atoms with van der Waals surface area (Å²) in [6.07, 6.45) is -4.93. The van der Waals surface area contributed by atoms with E-state index in [-0.39, 0.29) is 11.5 Å². The van der Waals surface area contributed by atoms with Gasteiger partial charge in [-0.15, -0.1) is 13.2 Å². The minimum Gasteiger partial charge on any atom is -0.493 e. The van der Waals surface area contributed by atoms with Gasteiger partial charge in [0.1, 0.15) is 17.1 Å². The average Bonchev–Trinajstić information content (AvgIpc) is 2.53. The van der Waals surface area contributed by atoms with Crippen molar-refractivity contribution in [1.29, 1.82) is 0 Å². The van der Waals surface area contributed by atoms with Gasteiger partial charge in [-0.3, -0.25) is 0 Å². The molecule has 0 aromatic heterocycles. The highest BCUT2D eigenvalue weighted by Crippen LogP contribution is 2.39. The maximum Gasteiger partial charge on any atom is 0.573 e. The lowest BCUT2D eigenvalue weighted by Gasteiger charge is -2.17. The van der Waals surface area contributed by atoms with Crippen LogP contribution in [0.2, 0.25) is 0 Å². The molecule has 0 spiro atoms. The molecular formula is C17H13F5O5. The zero-order valence-electron chi connectivity index (χ0n) is 13.9. The summed E-state index contributed by atoms with van der Waals surface area (Å²) in [6, 6.07) is 5.52. The van der Waals surface area contributed by atoms with Gasteiger partial charge in [0.25, 0.3) is 5.92 Å². The van der Waals surface area contributed by atoms with E-state index in [1.807, 2.05) is 0 Å². The molecule has 0 aliphatic heterocycles. The average molecular weight is 392 g/mol. The maximum absolute atomic E-state index is 13.5. The van der Waals surface area contributed by atoms with Crippen LogP contribution in [0.1, 0.15) is 22.8 Å². The molecule has 0 saturated heterocycles. The van der Waals surface area contributed by atoms with E-state index in [0.717, 1.165) is 43.5 Å². The second-order valence-electron chi connectivity index (χ2n) is 5.37. The van der Waals surface area contributed by atoms with Gasteiger partial charge in [0, 0.05) is 18.6 Å². The van der Waals surface area contributed by atoms with Crippen LogP contribution in [0, 0.1) is 0 Å². The van der Waals surface area contributed by atoms with Gasteiger partial charge in [0.15, 0.2) is 11.5 Å². The number of benzene rings is 2. The van der Waals surface area contributed by atoms with Crippen molar-refractivity contribution in [2.24, 2.45) is 0 Å². The van der Waals surface area contributed by atoms with Crippen molar-refractivity contribution in [3.05, 3.63) is 47.5 Å². The van der Waals surface area contributed by atoms with Crippen molar-refractivity contribution in [2.45, 2.75) is 19.2 Å². The Bertz CT molecular complexity index is 843. The topological polar surface area (TPSA) is 65.0 Å². The van der Waals surface area contributed by atoms with Crippen LogP contribution in [0.3, 0.4) is 0 Å². The molecule has 0 unspecified atom stereocenters. The molecule has 0 aliphatic rings. The molecular weight excluding hydrogens is 379 g/mol. The van der Waals surface area contributed by atoms with Crippen LogP contribution in [0.15, 0.2) is 36.4 Å². The minimum atomic E-state index is -4.93. The number of halogens is 5. The number of rotatable bonds is 6. The van der Waals surface area contributed by atoms with E-state index >= 15 is 0 Å². The van der Waals surface area contributed by atoms with Crippen molar-refractivity contribution in [2.75, 3.05) is 7.11 Å². The summed E-state index contributed by atoms with van der Waals surface area (Å²) >= 11 is 0. The van der Waals surface area contributed by atoms with Crippen molar-refractivity contribution in [1.82, 2.24) is 0 Å². The fourth-order valence-corrected chi connectivity index (χ4v) is 2.10. The van der Waals surface area contributed by atoms with Crippen LogP contribution in [0.5, 0.6) is 23.0 Å². The Hall–Kier alpha value is -3.04. The van der Waals surface area contributed by atoms with Crippen molar-refractivity contribution in [3.8, 4) is 23.0 Å². The number of carbonyl (C=O) groups is 1. The summed E-state index contributed by atoms with van der Waals surface area (Å²) in [5, 5.41) is 9.19. The highest BCUT2D eigenvalue weighted by molar-refractivity contribution is 5.91. The molecule has 2 rings (SSSR count). The Kier molecular flexibility index (Phi) is 5.48. The first-order valence-corrected chi connectivity index (χ1v) is 7.28. The molecule has 0 radical (unpaired) electrons. The largest absolute Gasteiger partial charge is 0.573 e. The van der Waals surface area contributed by atoms with Gasteiger partial charge in [0.2, 0.25) is 0 Å². The van der Waals surface area contributed by atoms with Crippen molar-refractivity contribution < 1.29 is 46.1 Å². The van der Waals surface area contributed by atoms with Crippen LogP contribution in [-0.2, 0) is 5.92 Å². The molecule has 146 valence electrons. The molecule has 10 heteroatoms. The normalized spacial score (nSPS) is 11.8. The molecule has 0 saturated carbocycles. The number of carboxylic acid groups (broad SMARTS) is 1. The number of carboxylic acids is 1. The van der Waals surface area contributed by atoms with E-state index < -0.39 is 40.9 Å². The van der Waals surface area contributed by atoms with Crippen LogP contribution < -0.4 is 14.2 Å². The number of hydrogen-bond donors (Lipinski definition) is 1. The lowest BCUT2D eigenvalue weighted by molar-refractivity contribution is -0.274. The van der Waals surface area contributed by atoms with E-state index in [0.29, 0.717) is 6.92 Å². The Balaban J connectivity index is 2.44. The molecule has 0 atom stereocenters. The summed E-state index contributed by atoms with van der Waals surface area (Å²) in [5.74, 6) is -6.13. The molecule has 0 aliphatic carbocycles.